The van der Waals surface area contributed by atoms with Crippen molar-refractivity contribution in [3.05, 3.63) is 0 Å². The van der Waals surface area contributed by atoms with Gasteiger partial charge in [0.15, 0.2) is 44.0 Å². The van der Waals surface area contributed by atoms with Crippen LogP contribution in [0.3, 0.4) is 0 Å². The van der Waals surface area contributed by atoms with Gasteiger partial charge in [-0.15, -0.1) is 0 Å². The fourth-order valence-corrected chi connectivity index (χ4v) is 11.2. The second-order valence-electron chi connectivity index (χ2n) is 20.3. The Bertz CT molecular complexity index is 2090. The largest absolute Gasteiger partial charge is 0.394 e. The van der Waals surface area contributed by atoms with Gasteiger partial charge in [-0.3, -0.25) is 4.55 Å². The number of aliphatic hydroxyl groups excluding tert-OH is 21. The molecule has 21 rings (SSSR count). The van der Waals surface area contributed by atoms with Gasteiger partial charge in [-0.25, -0.2) is 0 Å². The molecule has 39 heteroatoms. The Kier molecular flexibility index (Phi) is 21.7. The summed E-state index contributed by atoms with van der Waals surface area (Å²) in [5, 5.41) is 231. The molecule has 36 atom stereocenters. The molecular weight excluding hydrogens is 1140 g/mol. The first-order valence-electron chi connectivity index (χ1n) is 25.2. The van der Waals surface area contributed by atoms with Gasteiger partial charge in [-0.1, -0.05) is 0 Å². The van der Waals surface area contributed by atoms with Crippen LogP contribution in [0.5, 0.6) is 0 Å². The minimum Gasteiger partial charge on any atom is -0.394 e. The minimum atomic E-state index is -5.69. The molecular formula is C42H70O38S. The first-order valence-corrected chi connectivity index (χ1v) is 26.7. The molecule has 0 aromatic heterocycles. The summed E-state index contributed by atoms with van der Waals surface area (Å²) in [5.74, 6) is 0. The third-order valence-electron chi connectivity index (χ3n) is 15.1. The van der Waals surface area contributed by atoms with Crippen molar-refractivity contribution >= 4 is 10.1 Å². The van der Waals surface area contributed by atoms with Crippen LogP contribution in [-0.2, 0) is 76.4 Å². The van der Waals surface area contributed by atoms with Crippen molar-refractivity contribution in [2.45, 2.75) is 220 Å². The summed E-state index contributed by atoms with van der Waals surface area (Å²) in [6.07, 6.45) is -76.1. The summed E-state index contributed by atoms with van der Waals surface area (Å²) in [4.78, 5) is 0. The highest BCUT2D eigenvalue weighted by Gasteiger charge is 2.60. The van der Waals surface area contributed by atoms with E-state index in [1.54, 1.807) is 0 Å². The van der Waals surface area contributed by atoms with Crippen molar-refractivity contribution in [2.24, 2.45) is 0 Å². The minimum absolute atomic E-state index is 1.08. The van der Waals surface area contributed by atoms with Crippen LogP contribution in [0.15, 0.2) is 0 Å². The quantitative estimate of drug-likeness (QED) is 0.100. The zero-order valence-electron chi connectivity index (χ0n) is 41.8. The fourth-order valence-electron chi connectivity index (χ4n) is 10.6. The van der Waals surface area contributed by atoms with Gasteiger partial charge in [0.05, 0.1) is 39.6 Å². The average Bonchev–Trinajstić information content (AvgIpc) is 3.54. The molecule has 1 unspecified atom stereocenters. The van der Waals surface area contributed by atoms with Crippen LogP contribution in [0, 0.1) is 0 Å². The van der Waals surface area contributed by atoms with Crippen LogP contribution in [0.4, 0.5) is 0 Å². The van der Waals surface area contributed by atoms with E-state index in [1.807, 2.05) is 0 Å². The maximum absolute atomic E-state index is 12.4. The van der Waals surface area contributed by atoms with E-state index in [1.165, 1.54) is 0 Å². The highest BCUT2D eigenvalue weighted by molar-refractivity contribution is 7.86. The van der Waals surface area contributed by atoms with Gasteiger partial charge < -0.3 is 174 Å². The molecule has 0 aliphatic carbocycles. The van der Waals surface area contributed by atoms with E-state index in [2.05, 4.69) is 0 Å². The molecule has 0 radical (unpaired) electrons. The van der Waals surface area contributed by atoms with E-state index in [-0.39, 0.29) is 0 Å². The van der Waals surface area contributed by atoms with Crippen molar-refractivity contribution in [2.75, 3.05) is 39.6 Å². The van der Waals surface area contributed by atoms with E-state index in [0.717, 1.165) is 0 Å². The van der Waals surface area contributed by atoms with E-state index in [9.17, 15) is 120 Å². The topological polar surface area (TPSA) is 608 Å². The van der Waals surface area contributed by atoms with Gasteiger partial charge in [-0.2, -0.15) is 8.42 Å². The predicted octanol–water partition coefficient (Wildman–Crippen LogP) is -16.0. The van der Waals surface area contributed by atoms with Gasteiger partial charge in [0.2, 0.25) is 5.44 Å². The molecule has 0 spiro atoms. The molecule has 21 saturated heterocycles. The Hall–Kier alpha value is -1.49. The Morgan fingerprint density at radius 2 is 0.420 bits per heavy atom. The smallest absolute Gasteiger partial charge is 0.294 e. The molecule has 0 saturated carbocycles. The molecule has 472 valence electrons. The number of ether oxygens (including phenoxy) is 14. The molecule has 0 aromatic rings. The lowest BCUT2D eigenvalue weighted by Gasteiger charge is -2.50. The number of hydrogen-bond donors (Lipinski definition) is 22. The van der Waals surface area contributed by atoms with E-state index < -0.39 is 270 Å². The van der Waals surface area contributed by atoms with Crippen LogP contribution < -0.4 is 0 Å². The molecule has 0 aromatic carbocycles. The van der Waals surface area contributed by atoms with Gasteiger partial charge in [0, 0.05) is 0 Å². The number of aliphatic hydroxyl groups is 21. The molecule has 21 fully saturated rings. The van der Waals surface area contributed by atoms with Crippen molar-refractivity contribution < 1.29 is 187 Å². The number of hydrogen-bond acceptors (Lipinski definition) is 37. The molecule has 22 N–H and O–H groups in total. The third-order valence-corrected chi connectivity index (χ3v) is 16.0. The Labute approximate surface area is 456 Å². The Morgan fingerprint density at radius 1 is 0.259 bits per heavy atom. The monoisotopic (exact) mass is 1210 g/mol. The van der Waals surface area contributed by atoms with Gasteiger partial charge in [0.25, 0.3) is 10.1 Å². The van der Waals surface area contributed by atoms with E-state index >= 15 is 0 Å². The van der Waals surface area contributed by atoms with Crippen molar-refractivity contribution in [3.8, 4) is 0 Å². The zero-order valence-corrected chi connectivity index (χ0v) is 42.6. The molecule has 0 amide bonds. The lowest BCUT2D eigenvalue weighted by molar-refractivity contribution is -0.397. The van der Waals surface area contributed by atoms with E-state index in [0.29, 0.717) is 0 Å². The summed E-state index contributed by atoms with van der Waals surface area (Å²) in [7, 11) is -5.69. The van der Waals surface area contributed by atoms with Crippen molar-refractivity contribution in [3.63, 3.8) is 0 Å². The van der Waals surface area contributed by atoms with E-state index in [4.69, 9.17) is 66.3 Å². The van der Waals surface area contributed by atoms with Crippen molar-refractivity contribution in [1.82, 2.24) is 0 Å². The number of rotatable bonds is 8. The third kappa shape index (κ3) is 12.9. The first-order chi connectivity index (χ1) is 38.2. The van der Waals surface area contributed by atoms with Crippen LogP contribution >= 0.6 is 0 Å². The molecule has 38 nitrogen and oxygen atoms in total. The van der Waals surface area contributed by atoms with Crippen LogP contribution in [0.1, 0.15) is 0 Å². The van der Waals surface area contributed by atoms with Crippen LogP contribution in [0.2, 0.25) is 0 Å². The first kappa shape index (κ1) is 65.5. The average molecular weight is 1220 g/mol. The lowest BCUT2D eigenvalue weighted by atomic mass is 9.95. The summed E-state index contributed by atoms with van der Waals surface area (Å²) in [6, 6.07) is 0. The SMILES string of the molecule is O=S(=O)(O)C(O)[C@H]1O[C@@H]2O[C@H]3[C@@H](O)[C@H](O)[C@@H](O[C@H]4[C@H](O)[C@H](O)[C@@H](O[C@H]5[C@H](O)[C@@H](O)[C@@H](O[C@H]6[C@H](O)[C@@H](O)[C@@H](O[C@H]7[C@H](O)[C@@H](O)[C@@H](O[C@H]8[C@H](O)[C@@H](O)[C@@H](O[C@H]1[C@H](O)[C@H]2O)O[C@H]8CO)O[C@H]7CO)O[C@H]6CO)O[C@@H]5CO)O[C@@H]4CO)O[C@@H]3CO. The van der Waals surface area contributed by atoms with Crippen molar-refractivity contribution in [1.29, 1.82) is 0 Å². The van der Waals surface area contributed by atoms with Gasteiger partial charge in [-0.05, 0) is 0 Å². The normalized spacial score (nSPS) is 53.8. The fraction of sp³-hybridized carbons (Fsp3) is 1.00. The summed E-state index contributed by atoms with van der Waals surface area (Å²) >= 11 is 0. The maximum atomic E-state index is 12.4. The predicted molar refractivity (Wildman–Crippen MR) is 239 cm³/mol. The molecule has 81 heavy (non-hydrogen) atoms. The second-order valence-corrected chi connectivity index (χ2v) is 21.8. The lowest BCUT2D eigenvalue weighted by Crippen LogP contribution is -2.69. The summed E-state index contributed by atoms with van der Waals surface area (Å²) in [5.41, 5.74) is -3.17. The van der Waals surface area contributed by atoms with Gasteiger partial charge >= 0.3 is 0 Å². The summed E-state index contributed by atoms with van der Waals surface area (Å²) in [6.45, 7) is -6.77. The molecule has 21 heterocycles. The van der Waals surface area contributed by atoms with Crippen LogP contribution in [0.25, 0.3) is 0 Å². The van der Waals surface area contributed by atoms with Crippen LogP contribution in [-0.4, -0.2) is 380 Å². The van der Waals surface area contributed by atoms with Gasteiger partial charge in [0.1, 0.15) is 171 Å². The second kappa shape index (κ2) is 26.9. The summed E-state index contributed by atoms with van der Waals surface area (Å²) < 4.78 is 113. The zero-order chi connectivity index (χ0) is 59.4. The highest BCUT2D eigenvalue weighted by Crippen LogP contribution is 2.39. The molecule has 21 aliphatic rings. The standard InChI is InChI=1S/C42H70O38S/c43-1-7-27-14(50)21(57)37(68-7)75-29-9(3-45)70-39(23(59)16(29)52)77-31-11(5-47)72-41(25(61)18(31)54)79-33-19(55)26(62)42(80-34(33)35(63)81(64,65)66)78-32-12(6-48)71-40(24(60)17(32)53)76-30-10(4-46)69-38(22(58)15(30)51)74-28-8(2-44)67-36(73-27)20(56)13(28)49/h7-63H,1-6H2,(H,64,65,66)/t7-,8+,9-,10+,11-,12+,13+,14+,15+,16+,17-,18+,19+,20+,21+,22-,23+,24-,25+,26+,27+,28+,29+,30+,31+,32+,33-,34-,35?,36+,37+,38+,39+,40+,41+,42-/m0/s1. The Morgan fingerprint density at radius 3 is 0.593 bits per heavy atom. The highest BCUT2D eigenvalue weighted by atomic mass is 32.2. The molecule has 21 aliphatic heterocycles. The maximum Gasteiger partial charge on any atom is 0.294 e. The molecule has 14 bridgehead atoms. The Balaban J connectivity index is 1.11.